The third-order valence-corrected chi connectivity index (χ3v) is 7.56. The lowest BCUT2D eigenvalue weighted by Crippen LogP contribution is -2.03. The van der Waals surface area contributed by atoms with Crippen molar-refractivity contribution in [3.8, 4) is 0 Å². The van der Waals surface area contributed by atoms with Gasteiger partial charge in [0.2, 0.25) is 5.89 Å². The number of nitrogens with zero attached hydrogens (tertiary/aromatic N) is 6. The second-order valence-corrected chi connectivity index (χ2v) is 10.3. The molecule has 1 aromatic carbocycles. The highest BCUT2D eigenvalue weighted by Crippen LogP contribution is 2.35. The van der Waals surface area contributed by atoms with Gasteiger partial charge in [0.25, 0.3) is 0 Å². The lowest BCUT2D eigenvalue weighted by molar-refractivity contribution is 0.373. The molecule has 7 nitrogen and oxygen atoms in total. The van der Waals surface area contributed by atoms with E-state index in [2.05, 4.69) is 56.7 Å². The standard InChI is InChI=1S/C19H22N6OS3/c1-5-25-15(10-27-19-20-13-8-6-7-9-14(13)29-19)22-23-18(25)28-12(4)17-21-16(11(2)3)24-26-17/h6-9,11-12H,5,10H2,1-4H3. The van der Waals surface area contributed by atoms with Crippen LogP contribution in [0.4, 0.5) is 0 Å². The molecule has 0 N–H and O–H groups in total. The molecule has 0 aliphatic heterocycles. The van der Waals surface area contributed by atoms with E-state index >= 15 is 0 Å². The van der Waals surface area contributed by atoms with Crippen LogP contribution < -0.4 is 0 Å². The van der Waals surface area contributed by atoms with Crippen molar-refractivity contribution in [2.24, 2.45) is 0 Å². The van der Waals surface area contributed by atoms with E-state index in [9.17, 15) is 0 Å². The Morgan fingerprint density at radius 1 is 1.14 bits per heavy atom. The van der Waals surface area contributed by atoms with Crippen LogP contribution in [0, 0.1) is 0 Å². The molecule has 0 aliphatic carbocycles. The van der Waals surface area contributed by atoms with Gasteiger partial charge in [-0.05, 0) is 26.0 Å². The maximum atomic E-state index is 5.42. The van der Waals surface area contributed by atoms with Gasteiger partial charge in [-0.3, -0.25) is 0 Å². The third kappa shape index (κ3) is 4.49. The van der Waals surface area contributed by atoms with Gasteiger partial charge in [0.1, 0.15) is 5.82 Å². The van der Waals surface area contributed by atoms with E-state index < -0.39 is 0 Å². The lowest BCUT2D eigenvalue weighted by atomic mass is 10.2. The maximum absolute atomic E-state index is 5.42. The predicted molar refractivity (Wildman–Crippen MR) is 118 cm³/mol. The molecule has 0 amide bonds. The smallest absolute Gasteiger partial charge is 0.239 e. The topological polar surface area (TPSA) is 82.5 Å². The van der Waals surface area contributed by atoms with Crippen LogP contribution in [0.2, 0.25) is 0 Å². The molecule has 10 heteroatoms. The van der Waals surface area contributed by atoms with E-state index in [-0.39, 0.29) is 11.2 Å². The zero-order chi connectivity index (χ0) is 20.4. The van der Waals surface area contributed by atoms with Crippen molar-refractivity contribution in [1.29, 1.82) is 0 Å². The number of hydrogen-bond donors (Lipinski definition) is 0. The van der Waals surface area contributed by atoms with Crippen molar-refractivity contribution >= 4 is 45.1 Å². The molecular formula is C19H22N6OS3. The highest BCUT2D eigenvalue weighted by Gasteiger charge is 2.21. The zero-order valence-corrected chi connectivity index (χ0v) is 19.1. The number of benzene rings is 1. The Morgan fingerprint density at radius 2 is 1.97 bits per heavy atom. The van der Waals surface area contributed by atoms with Gasteiger partial charge < -0.3 is 9.09 Å². The SMILES string of the molecule is CCn1c(CSc2nc3ccccc3s2)nnc1SC(C)c1nc(C(C)C)no1. The van der Waals surface area contributed by atoms with E-state index in [1.54, 1.807) is 34.9 Å². The van der Waals surface area contributed by atoms with Crippen LogP contribution in [0.25, 0.3) is 10.2 Å². The van der Waals surface area contributed by atoms with E-state index in [1.807, 2.05) is 25.1 Å². The van der Waals surface area contributed by atoms with E-state index in [0.717, 1.165) is 39.0 Å². The van der Waals surface area contributed by atoms with Crippen molar-refractivity contribution in [2.45, 2.75) is 60.7 Å². The van der Waals surface area contributed by atoms with Crippen molar-refractivity contribution in [3.05, 3.63) is 41.8 Å². The molecule has 0 saturated carbocycles. The molecule has 0 fully saturated rings. The summed E-state index contributed by atoms with van der Waals surface area (Å²) in [5, 5.41) is 13.8. The molecule has 4 aromatic rings. The highest BCUT2D eigenvalue weighted by molar-refractivity contribution is 8.00. The van der Waals surface area contributed by atoms with Gasteiger partial charge in [0.05, 0.1) is 21.2 Å². The van der Waals surface area contributed by atoms with Crippen LogP contribution in [0.5, 0.6) is 0 Å². The van der Waals surface area contributed by atoms with E-state index in [0.29, 0.717) is 5.89 Å². The molecule has 152 valence electrons. The first-order chi connectivity index (χ1) is 14.0. The monoisotopic (exact) mass is 446 g/mol. The Balaban J connectivity index is 1.45. The first kappa shape index (κ1) is 20.4. The molecule has 0 saturated heterocycles. The van der Waals surface area contributed by atoms with E-state index in [1.165, 1.54) is 4.70 Å². The molecule has 0 aliphatic rings. The zero-order valence-electron chi connectivity index (χ0n) is 16.7. The average molecular weight is 447 g/mol. The minimum Gasteiger partial charge on any atom is -0.338 e. The van der Waals surface area contributed by atoms with Crippen LogP contribution in [-0.4, -0.2) is 29.9 Å². The summed E-state index contributed by atoms with van der Waals surface area (Å²) in [4.78, 5) is 9.18. The molecule has 1 unspecified atom stereocenters. The number of rotatable bonds is 8. The Bertz CT molecular complexity index is 1070. The Labute approximate surface area is 181 Å². The van der Waals surface area contributed by atoms with Gasteiger partial charge in [-0.15, -0.1) is 21.5 Å². The van der Waals surface area contributed by atoms with Gasteiger partial charge in [0.15, 0.2) is 15.3 Å². The first-order valence-electron chi connectivity index (χ1n) is 9.45. The molecule has 4 rings (SSSR count). The van der Waals surface area contributed by atoms with Gasteiger partial charge in [-0.1, -0.05) is 54.7 Å². The average Bonchev–Trinajstić information content (AvgIpc) is 3.43. The number of hydrogen-bond acceptors (Lipinski definition) is 9. The molecule has 3 aromatic heterocycles. The minimum absolute atomic E-state index is 0.00858. The molecule has 0 radical (unpaired) electrons. The first-order valence-corrected chi connectivity index (χ1v) is 12.1. The van der Waals surface area contributed by atoms with Crippen molar-refractivity contribution in [1.82, 2.24) is 29.9 Å². The quantitative estimate of drug-likeness (QED) is 0.325. The summed E-state index contributed by atoms with van der Waals surface area (Å²) in [7, 11) is 0. The van der Waals surface area contributed by atoms with Gasteiger partial charge in [-0.2, -0.15) is 4.98 Å². The summed E-state index contributed by atoms with van der Waals surface area (Å²) in [6.07, 6.45) is 0. The maximum Gasteiger partial charge on any atom is 0.239 e. The van der Waals surface area contributed by atoms with Crippen LogP contribution in [0.3, 0.4) is 0 Å². The molecule has 3 heterocycles. The van der Waals surface area contributed by atoms with Crippen molar-refractivity contribution in [3.63, 3.8) is 0 Å². The summed E-state index contributed by atoms with van der Waals surface area (Å²) < 4.78 is 9.82. The summed E-state index contributed by atoms with van der Waals surface area (Å²) in [5.41, 5.74) is 1.04. The summed E-state index contributed by atoms with van der Waals surface area (Å²) >= 11 is 5.00. The van der Waals surface area contributed by atoms with Crippen LogP contribution >= 0.6 is 34.9 Å². The molecular weight excluding hydrogens is 424 g/mol. The Kier molecular flexibility index (Phi) is 6.21. The lowest BCUT2D eigenvalue weighted by Gasteiger charge is -2.09. The molecule has 29 heavy (non-hydrogen) atoms. The highest BCUT2D eigenvalue weighted by atomic mass is 32.2. The Morgan fingerprint density at radius 3 is 2.69 bits per heavy atom. The van der Waals surface area contributed by atoms with Gasteiger partial charge in [0, 0.05) is 12.5 Å². The summed E-state index contributed by atoms with van der Waals surface area (Å²) in [6, 6.07) is 8.20. The normalized spacial score (nSPS) is 12.9. The Hall–Kier alpha value is -1.91. The number of thiazole rings is 1. The summed E-state index contributed by atoms with van der Waals surface area (Å²) in [5.74, 6) is 3.27. The van der Waals surface area contributed by atoms with Gasteiger partial charge >= 0.3 is 0 Å². The van der Waals surface area contributed by atoms with Crippen LogP contribution in [0.15, 0.2) is 38.3 Å². The third-order valence-electron chi connectivity index (χ3n) is 4.31. The fourth-order valence-corrected chi connectivity index (χ4v) is 5.70. The second-order valence-electron chi connectivity index (χ2n) is 6.78. The van der Waals surface area contributed by atoms with Crippen LogP contribution in [-0.2, 0) is 12.3 Å². The number of thioether (sulfide) groups is 2. The minimum atomic E-state index is 0.00858. The molecule has 0 bridgehead atoms. The fourth-order valence-electron chi connectivity index (χ4n) is 2.73. The van der Waals surface area contributed by atoms with Crippen molar-refractivity contribution < 1.29 is 4.52 Å². The van der Waals surface area contributed by atoms with Gasteiger partial charge in [-0.25, -0.2) is 4.98 Å². The number of aromatic nitrogens is 6. The molecule has 1 atom stereocenters. The predicted octanol–water partition coefficient (Wildman–Crippen LogP) is 5.56. The number of fused-ring (bicyclic) bond motifs is 1. The van der Waals surface area contributed by atoms with Crippen LogP contribution in [0.1, 0.15) is 56.4 Å². The number of para-hydroxylation sites is 1. The van der Waals surface area contributed by atoms with E-state index in [4.69, 9.17) is 4.52 Å². The van der Waals surface area contributed by atoms with Crippen molar-refractivity contribution in [2.75, 3.05) is 0 Å². The largest absolute Gasteiger partial charge is 0.338 e. The summed E-state index contributed by atoms with van der Waals surface area (Å²) in [6.45, 7) is 9.06. The fraction of sp³-hybridized carbons (Fsp3) is 0.421. The second kappa shape index (κ2) is 8.85. The molecule has 0 spiro atoms.